The molecule has 1 aliphatic carbocycles. The van der Waals surface area contributed by atoms with Gasteiger partial charge in [0.05, 0.1) is 28.3 Å². The van der Waals surface area contributed by atoms with Gasteiger partial charge in [-0.3, -0.25) is 0 Å². The van der Waals surface area contributed by atoms with Gasteiger partial charge in [-0.25, -0.2) is 0 Å². The van der Waals surface area contributed by atoms with Gasteiger partial charge in [0.1, 0.15) is 5.37 Å². The molecule has 53 heavy (non-hydrogen) atoms. The summed E-state index contributed by atoms with van der Waals surface area (Å²) in [5.41, 5.74) is 15.8. The molecule has 2 aliphatic heterocycles. The first-order valence-corrected chi connectivity index (χ1v) is 19.3. The van der Waals surface area contributed by atoms with Crippen LogP contribution in [0.1, 0.15) is 12.8 Å². The van der Waals surface area contributed by atoms with Crippen molar-refractivity contribution in [3.8, 4) is 39.2 Å². The number of aromatic nitrogens is 1. The third-order valence-electron chi connectivity index (χ3n) is 11.0. The molecule has 3 heterocycles. The molecule has 0 saturated heterocycles. The van der Waals surface area contributed by atoms with Crippen LogP contribution in [0.2, 0.25) is 0 Å². The third-order valence-corrected chi connectivity index (χ3v) is 12.2. The first kappa shape index (κ1) is 30.4. The molecule has 1 N–H and O–H groups in total. The Morgan fingerprint density at radius 2 is 1.26 bits per heavy atom. The second kappa shape index (κ2) is 12.2. The molecule has 0 radical (unpaired) electrons. The smallest absolute Gasteiger partial charge is 0.102 e. The molecule has 8 aromatic rings. The van der Waals surface area contributed by atoms with Crippen LogP contribution in [0.25, 0.3) is 60.9 Å². The topological polar surface area (TPSA) is 20.2 Å². The van der Waals surface area contributed by atoms with Gasteiger partial charge in [0.2, 0.25) is 0 Å². The molecular weight excluding hydrogens is 663 g/mol. The number of anilines is 4. The quantitative estimate of drug-likeness (QED) is 0.198. The molecule has 0 amide bonds. The van der Waals surface area contributed by atoms with Gasteiger partial charge in [-0.2, -0.15) is 0 Å². The van der Waals surface area contributed by atoms with E-state index in [1.807, 2.05) is 11.8 Å². The zero-order chi connectivity index (χ0) is 34.9. The standard InChI is InChI=1S/C49H35N3S/c1-3-15-32(16-4-1)49-50-41-31-33(29-30-46(41)53-49)35-22-13-24-37-36(35)23-14-28-42(37)52-44-26-11-8-20-39(44)47-38-19-7-10-25-43(38)51(34-17-5-2-6-18-34)48(47)40-21-9-12-27-45(40)52/h2-3,5-31,49-50H,1,4H2. The summed E-state index contributed by atoms with van der Waals surface area (Å²) in [4.78, 5) is 3.81. The van der Waals surface area contributed by atoms with Crippen molar-refractivity contribution in [3.05, 3.63) is 182 Å². The van der Waals surface area contributed by atoms with Crippen molar-refractivity contribution in [1.29, 1.82) is 0 Å². The van der Waals surface area contributed by atoms with Crippen LogP contribution in [0.3, 0.4) is 0 Å². The number of thioether (sulfide) groups is 1. The van der Waals surface area contributed by atoms with Gasteiger partial charge < -0.3 is 14.8 Å². The zero-order valence-electron chi connectivity index (χ0n) is 29.0. The minimum atomic E-state index is 0.263. The van der Waals surface area contributed by atoms with E-state index in [9.17, 15) is 0 Å². The van der Waals surface area contributed by atoms with Crippen LogP contribution in [0.5, 0.6) is 0 Å². The number of benzene rings is 7. The molecule has 1 atom stereocenters. The molecule has 3 nitrogen and oxygen atoms in total. The molecule has 0 fully saturated rings. The summed E-state index contributed by atoms with van der Waals surface area (Å²) in [6, 6.07) is 58.0. The summed E-state index contributed by atoms with van der Waals surface area (Å²) in [5, 5.41) is 7.79. The van der Waals surface area contributed by atoms with Crippen molar-refractivity contribution >= 4 is 56.2 Å². The van der Waals surface area contributed by atoms with E-state index < -0.39 is 0 Å². The van der Waals surface area contributed by atoms with Crippen molar-refractivity contribution in [3.63, 3.8) is 0 Å². The SMILES string of the molecule is C1=CC(C2Nc3cc(-c4cccc5c(N6c7ccccc7-c7c(n(-c8ccccc8)c8ccccc78)-c7ccccc76)cccc45)ccc3S2)=CCC1. The number of fused-ring (bicyclic) bond motifs is 9. The lowest BCUT2D eigenvalue weighted by molar-refractivity contribution is 0.996. The Hall–Kier alpha value is -6.23. The van der Waals surface area contributed by atoms with E-state index in [-0.39, 0.29) is 5.37 Å². The Balaban J connectivity index is 1.11. The Labute approximate surface area is 313 Å². The third kappa shape index (κ3) is 4.76. The average molecular weight is 698 g/mol. The molecule has 3 aliphatic rings. The molecule has 0 bridgehead atoms. The van der Waals surface area contributed by atoms with E-state index >= 15 is 0 Å². The second-order valence-electron chi connectivity index (χ2n) is 14.0. The Morgan fingerprint density at radius 1 is 0.566 bits per heavy atom. The number of nitrogens with zero attached hydrogens (tertiary/aromatic N) is 2. The van der Waals surface area contributed by atoms with Gasteiger partial charge in [0, 0.05) is 43.7 Å². The first-order valence-electron chi connectivity index (χ1n) is 18.5. The molecule has 4 heteroatoms. The summed E-state index contributed by atoms with van der Waals surface area (Å²) in [6.07, 6.45) is 9.21. The fraction of sp³-hybridized carbons (Fsp3) is 0.0612. The van der Waals surface area contributed by atoms with Crippen LogP contribution in [0, 0.1) is 0 Å². The Bertz CT molecular complexity index is 2810. The maximum atomic E-state index is 3.82. The lowest BCUT2D eigenvalue weighted by atomic mass is 9.96. The number of nitrogens with one attached hydrogen (secondary N) is 1. The fourth-order valence-electron chi connectivity index (χ4n) is 8.68. The van der Waals surface area contributed by atoms with Crippen molar-refractivity contribution in [2.75, 3.05) is 10.2 Å². The van der Waals surface area contributed by atoms with Crippen molar-refractivity contribution in [2.24, 2.45) is 0 Å². The van der Waals surface area contributed by atoms with Crippen LogP contribution < -0.4 is 10.2 Å². The predicted molar refractivity (Wildman–Crippen MR) is 225 cm³/mol. The highest BCUT2D eigenvalue weighted by atomic mass is 32.2. The van der Waals surface area contributed by atoms with Gasteiger partial charge in [-0.1, -0.05) is 139 Å². The fourth-order valence-corrected chi connectivity index (χ4v) is 9.82. The molecule has 11 rings (SSSR count). The predicted octanol–water partition coefficient (Wildman–Crippen LogP) is 13.7. The van der Waals surface area contributed by atoms with Crippen molar-refractivity contribution in [1.82, 2.24) is 4.57 Å². The molecule has 1 aromatic heterocycles. The summed E-state index contributed by atoms with van der Waals surface area (Å²) < 4.78 is 2.46. The minimum absolute atomic E-state index is 0.263. The molecule has 252 valence electrons. The van der Waals surface area contributed by atoms with Crippen LogP contribution in [-0.2, 0) is 0 Å². The largest absolute Gasteiger partial charge is 0.368 e. The van der Waals surface area contributed by atoms with Gasteiger partial charge in [0.25, 0.3) is 0 Å². The lowest BCUT2D eigenvalue weighted by Crippen LogP contribution is -2.12. The van der Waals surface area contributed by atoms with Crippen LogP contribution in [0.4, 0.5) is 22.7 Å². The van der Waals surface area contributed by atoms with E-state index in [2.05, 4.69) is 191 Å². The number of rotatable bonds is 4. The molecular formula is C49H35N3S. The lowest BCUT2D eigenvalue weighted by Gasteiger charge is -2.29. The average Bonchev–Trinajstić information content (AvgIpc) is 3.78. The van der Waals surface area contributed by atoms with E-state index in [1.165, 1.54) is 77.0 Å². The normalized spacial score (nSPS) is 15.7. The van der Waals surface area contributed by atoms with E-state index in [4.69, 9.17) is 0 Å². The summed E-state index contributed by atoms with van der Waals surface area (Å²) in [7, 11) is 0. The van der Waals surface area contributed by atoms with Gasteiger partial charge in [-0.05, 0) is 83.5 Å². The highest BCUT2D eigenvalue weighted by Gasteiger charge is 2.32. The number of hydrogen-bond donors (Lipinski definition) is 1. The maximum Gasteiger partial charge on any atom is 0.102 e. The number of hydrogen-bond acceptors (Lipinski definition) is 3. The zero-order valence-corrected chi connectivity index (χ0v) is 29.9. The van der Waals surface area contributed by atoms with Crippen molar-refractivity contribution < 1.29 is 0 Å². The first-order chi connectivity index (χ1) is 26.3. The highest BCUT2D eigenvalue weighted by Crippen LogP contribution is 2.55. The van der Waals surface area contributed by atoms with E-state index in [0.29, 0.717) is 0 Å². The molecule has 7 aromatic carbocycles. The summed E-state index contributed by atoms with van der Waals surface area (Å²) in [6.45, 7) is 0. The molecule has 1 unspecified atom stereocenters. The Kier molecular flexibility index (Phi) is 6.99. The molecule has 0 spiro atoms. The number of allylic oxidation sites excluding steroid dienone is 2. The van der Waals surface area contributed by atoms with Crippen molar-refractivity contribution in [2.45, 2.75) is 23.1 Å². The van der Waals surface area contributed by atoms with Gasteiger partial charge in [-0.15, -0.1) is 0 Å². The highest BCUT2D eigenvalue weighted by molar-refractivity contribution is 8.00. The number of para-hydroxylation sites is 4. The summed E-state index contributed by atoms with van der Waals surface area (Å²) in [5.74, 6) is 0. The maximum absolute atomic E-state index is 3.82. The summed E-state index contributed by atoms with van der Waals surface area (Å²) >= 11 is 1.92. The minimum Gasteiger partial charge on any atom is -0.368 e. The molecule has 0 saturated carbocycles. The second-order valence-corrected chi connectivity index (χ2v) is 15.1. The Morgan fingerprint density at radius 3 is 2.13 bits per heavy atom. The van der Waals surface area contributed by atoms with Crippen LogP contribution >= 0.6 is 11.8 Å². The monoisotopic (exact) mass is 697 g/mol. The van der Waals surface area contributed by atoms with E-state index in [0.717, 1.165) is 29.9 Å². The van der Waals surface area contributed by atoms with Crippen LogP contribution in [-0.4, -0.2) is 9.94 Å². The van der Waals surface area contributed by atoms with Gasteiger partial charge in [0.15, 0.2) is 0 Å². The van der Waals surface area contributed by atoms with E-state index in [1.54, 1.807) is 0 Å². The van der Waals surface area contributed by atoms with Gasteiger partial charge >= 0.3 is 0 Å². The van der Waals surface area contributed by atoms with Crippen LogP contribution in [0.15, 0.2) is 186 Å².